The summed E-state index contributed by atoms with van der Waals surface area (Å²) in [6.07, 6.45) is 3.62. The normalized spacial score (nSPS) is 18.4. The molecule has 1 amide bonds. The van der Waals surface area contributed by atoms with Gasteiger partial charge in [-0.3, -0.25) is 9.59 Å². The second-order valence-electron chi connectivity index (χ2n) is 6.48. The third-order valence-corrected chi connectivity index (χ3v) is 4.57. The van der Waals surface area contributed by atoms with Crippen LogP contribution in [0.2, 0.25) is 0 Å². The molecule has 1 unspecified atom stereocenters. The van der Waals surface area contributed by atoms with Crippen molar-refractivity contribution in [3.8, 4) is 5.75 Å². The van der Waals surface area contributed by atoms with E-state index in [1.807, 2.05) is 30.3 Å². The maximum Gasteiger partial charge on any atom is 0.323 e. The SMILES string of the molecule is CC(=O)N(CC(=O)O)C1CCCN(CCCOc2ccccc2)CC1. The van der Waals surface area contributed by atoms with Gasteiger partial charge in [0.1, 0.15) is 12.3 Å². The third-order valence-electron chi connectivity index (χ3n) is 4.57. The Morgan fingerprint density at radius 3 is 2.68 bits per heavy atom. The molecule has 25 heavy (non-hydrogen) atoms. The van der Waals surface area contributed by atoms with E-state index < -0.39 is 5.97 Å². The van der Waals surface area contributed by atoms with E-state index in [1.54, 1.807) is 0 Å². The van der Waals surface area contributed by atoms with Gasteiger partial charge in [0.05, 0.1) is 6.61 Å². The number of carboxylic acid groups (broad SMARTS) is 1. The number of rotatable bonds is 8. The summed E-state index contributed by atoms with van der Waals surface area (Å²) < 4.78 is 5.72. The lowest BCUT2D eigenvalue weighted by molar-refractivity contribution is -0.145. The molecule has 0 saturated carbocycles. The Morgan fingerprint density at radius 2 is 2.00 bits per heavy atom. The summed E-state index contributed by atoms with van der Waals surface area (Å²) >= 11 is 0. The van der Waals surface area contributed by atoms with Crippen LogP contribution in [0.1, 0.15) is 32.6 Å². The van der Waals surface area contributed by atoms with Crippen LogP contribution in [0, 0.1) is 0 Å². The van der Waals surface area contributed by atoms with Crippen LogP contribution in [0.15, 0.2) is 30.3 Å². The maximum atomic E-state index is 11.8. The molecule has 0 bridgehead atoms. The molecule has 1 aliphatic heterocycles. The Balaban J connectivity index is 1.73. The topological polar surface area (TPSA) is 70.1 Å². The molecule has 1 atom stereocenters. The highest BCUT2D eigenvalue weighted by atomic mass is 16.5. The number of carboxylic acids is 1. The first-order chi connectivity index (χ1) is 12.1. The Morgan fingerprint density at radius 1 is 1.24 bits per heavy atom. The third kappa shape index (κ3) is 6.74. The average Bonchev–Trinajstić information content (AvgIpc) is 2.83. The highest BCUT2D eigenvalue weighted by molar-refractivity contribution is 5.79. The molecule has 0 aromatic heterocycles. The van der Waals surface area contributed by atoms with Gasteiger partial charge in [0, 0.05) is 26.1 Å². The molecule has 0 aliphatic carbocycles. The van der Waals surface area contributed by atoms with Crippen LogP contribution in [0.3, 0.4) is 0 Å². The van der Waals surface area contributed by atoms with Gasteiger partial charge in [-0.25, -0.2) is 0 Å². The molecule has 0 spiro atoms. The molecule has 0 radical (unpaired) electrons. The van der Waals surface area contributed by atoms with Crippen molar-refractivity contribution in [1.82, 2.24) is 9.80 Å². The number of hydrogen-bond donors (Lipinski definition) is 1. The quantitative estimate of drug-likeness (QED) is 0.730. The number of para-hydroxylation sites is 1. The molecular formula is C19H28N2O4. The molecule has 1 aromatic rings. The summed E-state index contributed by atoms with van der Waals surface area (Å²) in [6, 6.07) is 9.82. The van der Waals surface area contributed by atoms with Gasteiger partial charge in [0.15, 0.2) is 0 Å². The van der Waals surface area contributed by atoms with Crippen LogP contribution in [0.4, 0.5) is 0 Å². The number of carbonyl (C=O) groups excluding carboxylic acids is 1. The molecular weight excluding hydrogens is 320 g/mol. The van der Waals surface area contributed by atoms with Crippen LogP contribution in [0.5, 0.6) is 5.75 Å². The minimum Gasteiger partial charge on any atom is -0.494 e. The Labute approximate surface area is 149 Å². The van der Waals surface area contributed by atoms with E-state index in [9.17, 15) is 9.59 Å². The largest absolute Gasteiger partial charge is 0.494 e. The molecule has 138 valence electrons. The lowest BCUT2D eigenvalue weighted by Gasteiger charge is -2.29. The van der Waals surface area contributed by atoms with Gasteiger partial charge >= 0.3 is 5.97 Å². The first-order valence-electron chi connectivity index (χ1n) is 8.95. The standard InChI is InChI=1S/C19H28N2O4/c1-16(22)21(15-19(23)24)17-7-5-11-20(13-10-17)12-6-14-25-18-8-3-2-4-9-18/h2-4,8-9,17H,5-7,10-15H2,1H3,(H,23,24). The van der Waals surface area contributed by atoms with Crippen molar-refractivity contribution in [3.05, 3.63) is 30.3 Å². The summed E-state index contributed by atoms with van der Waals surface area (Å²) in [6.45, 7) is 4.76. The van der Waals surface area contributed by atoms with Gasteiger partial charge in [-0.1, -0.05) is 18.2 Å². The smallest absolute Gasteiger partial charge is 0.323 e. The van der Waals surface area contributed by atoms with E-state index in [-0.39, 0.29) is 18.5 Å². The molecule has 1 aliphatic rings. The second-order valence-corrected chi connectivity index (χ2v) is 6.48. The highest BCUT2D eigenvalue weighted by Gasteiger charge is 2.25. The maximum absolute atomic E-state index is 11.8. The fourth-order valence-corrected chi connectivity index (χ4v) is 3.31. The van der Waals surface area contributed by atoms with Gasteiger partial charge in [0.25, 0.3) is 0 Å². The van der Waals surface area contributed by atoms with Crippen molar-refractivity contribution in [2.45, 2.75) is 38.6 Å². The fraction of sp³-hybridized carbons (Fsp3) is 0.579. The first kappa shape index (κ1) is 19.2. The number of likely N-dealkylation sites (tertiary alicyclic amines) is 1. The van der Waals surface area contributed by atoms with Crippen molar-refractivity contribution in [3.63, 3.8) is 0 Å². The number of carbonyl (C=O) groups is 2. The lowest BCUT2D eigenvalue weighted by Crippen LogP contribution is -2.42. The summed E-state index contributed by atoms with van der Waals surface area (Å²) in [4.78, 5) is 26.6. The molecule has 1 saturated heterocycles. The molecule has 1 fully saturated rings. The van der Waals surface area contributed by atoms with Crippen LogP contribution in [0.25, 0.3) is 0 Å². The first-order valence-corrected chi connectivity index (χ1v) is 8.95. The van der Waals surface area contributed by atoms with E-state index in [2.05, 4.69) is 4.90 Å². The summed E-state index contributed by atoms with van der Waals surface area (Å²) in [5, 5.41) is 9.00. The van der Waals surface area contributed by atoms with Crippen molar-refractivity contribution in [2.75, 3.05) is 32.8 Å². The molecule has 1 heterocycles. The Bertz CT molecular complexity index is 550. The number of nitrogens with zero attached hydrogens (tertiary/aromatic N) is 2. The van der Waals surface area contributed by atoms with Crippen LogP contribution in [-0.2, 0) is 9.59 Å². The summed E-state index contributed by atoms with van der Waals surface area (Å²) in [7, 11) is 0. The van der Waals surface area contributed by atoms with Crippen molar-refractivity contribution in [2.24, 2.45) is 0 Å². The molecule has 1 aromatic carbocycles. The van der Waals surface area contributed by atoms with Crippen molar-refractivity contribution < 1.29 is 19.4 Å². The zero-order chi connectivity index (χ0) is 18.1. The lowest BCUT2D eigenvalue weighted by atomic mass is 10.1. The van der Waals surface area contributed by atoms with E-state index in [0.29, 0.717) is 6.61 Å². The second kappa shape index (κ2) is 10.0. The zero-order valence-electron chi connectivity index (χ0n) is 14.9. The van der Waals surface area contributed by atoms with E-state index in [0.717, 1.165) is 51.1 Å². The molecule has 6 nitrogen and oxygen atoms in total. The van der Waals surface area contributed by atoms with E-state index >= 15 is 0 Å². The summed E-state index contributed by atoms with van der Waals surface area (Å²) in [5.74, 6) is -0.212. The van der Waals surface area contributed by atoms with Crippen LogP contribution >= 0.6 is 0 Å². The van der Waals surface area contributed by atoms with Crippen LogP contribution < -0.4 is 4.74 Å². The van der Waals surface area contributed by atoms with Crippen LogP contribution in [-0.4, -0.2) is 65.6 Å². The predicted molar refractivity (Wildman–Crippen MR) is 95.7 cm³/mol. The number of benzene rings is 1. The average molecular weight is 348 g/mol. The van der Waals surface area contributed by atoms with Gasteiger partial charge in [-0.15, -0.1) is 0 Å². The van der Waals surface area contributed by atoms with Gasteiger partial charge in [-0.2, -0.15) is 0 Å². The minimum atomic E-state index is -0.950. The van der Waals surface area contributed by atoms with Gasteiger partial charge < -0.3 is 19.6 Å². The molecule has 2 rings (SSSR count). The minimum absolute atomic E-state index is 0.0270. The number of hydrogen-bond acceptors (Lipinski definition) is 4. The summed E-state index contributed by atoms with van der Waals surface area (Å²) in [5.41, 5.74) is 0. The predicted octanol–water partition coefficient (Wildman–Crippen LogP) is 2.24. The van der Waals surface area contributed by atoms with Crippen molar-refractivity contribution >= 4 is 11.9 Å². The number of ether oxygens (including phenoxy) is 1. The fourth-order valence-electron chi connectivity index (χ4n) is 3.31. The van der Waals surface area contributed by atoms with Gasteiger partial charge in [-0.05, 0) is 44.4 Å². The molecule has 1 N–H and O–H groups in total. The Kier molecular flexibility index (Phi) is 7.73. The number of amides is 1. The van der Waals surface area contributed by atoms with Crippen molar-refractivity contribution in [1.29, 1.82) is 0 Å². The Hall–Kier alpha value is -2.08. The van der Waals surface area contributed by atoms with Gasteiger partial charge in [0.2, 0.25) is 5.91 Å². The number of aliphatic carboxylic acids is 1. The zero-order valence-corrected chi connectivity index (χ0v) is 14.9. The van der Waals surface area contributed by atoms with E-state index in [1.165, 1.54) is 11.8 Å². The van der Waals surface area contributed by atoms with E-state index in [4.69, 9.17) is 9.84 Å². The highest BCUT2D eigenvalue weighted by Crippen LogP contribution is 2.17. The molecule has 6 heteroatoms. The monoisotopic (exact) mass is 348 g/mol.